The quantitative estimate of drug-likeness (QED) is 0.870. The highest BCUT2D eigenvalue weighted by molar-refractivity contribution is 7.09. The Morgan fingerprint density at radius 3 is 3.00 bits per heavy atom. The molecule has 4 heterocycles. The summed E-state index contributed by atoms with van der Waals surface area (Å²) in [4.78, 5) is 7.98. The van der Waals surface area contributed by atoms with E-state index in [9.17, 15) is 5.11 Å². The fraction of sp³-hybridized carbons (Fsp3) is 0.550. The van der Waals surface area contributed by atoms with Crippen LogP contribution in [0.15, 0.2) is 29.9 Å². The van der Waals surface area contributed by atoms with Gasteiger partial charge in [0.1, 0.15) is 5.60 Å². The smallest absolute Gasteiger partial charge is 0.167 e. The number of aromatic nitrogens is 1. The van der Waals surface area contributed by atoms with Crippen molar-refractivity contribution >= 4 is 11.3 Å². The third-order valence-electron chi connectivity index (χ3n) is 6.20. The fourth-order valence-electron chi connectivity index (χ4n) is 4.89. The molecule has 0 aliphatic carbocycles. The van der Waals surface area contributed by atoms with Crippen molar-refractivity contribution in [3.63, 3.8) is 0 Å². The number of para-hydroxylation sites is 1. The molecule has 1 aromatic carbocycles. The molecule has 2 fully saturated rings. The Hall–Kier alpha value is -1.63. The van der Waals surface area contributed by atoms with Crippen molar-refractivity contribution in [2.75, 3.05) is 19.7 Å². The van der Waals surface area contributed by atoms with Crippen LogP contribution in [0.5, 0.6) is 11.5 Å². The maximum Gasteiger partial charge on any atom is 0.167 e. The molecule has 2 aromatic rings. The van der Waals surface area contributed by atoms with Gasteiger partial charge in [0.15, 0.2) is 11.5 Å². The molecule has 3 aliphatic heterocycles. The molecule has 1 N–H and O–H groups in total. The van der Waals surface area contributed by atoms with Crippen molar-refractivity contribution in [2.45, 2.75) is 43.9 Å². The number of likely N-dealkylation sites (tertiary alicyclic amines) is 1. The number of aromatic hydroxyl groups is 1. The summed E-state index contributed by atoms with van der Waals surface area (Å²) < 4.78 is 12.8. The van der Waals surface area contributed by atoms with Gasteiger partial charge in [0.05, 0.1) is 11.6 Å². The number of rotatable bonds is 2. The van der Waals surface area contributed by atoms with E-state index in [4.69, 9.17) is 9.47 Å². The van der Waals surface area contributed by atoms with Gasteiger partial charge in [-0.3, -0.25) is 9.88 Å². The molecule has 0 radical (unpaired) electrons. The first kappa shape index (κ1) is 16.5. The SMILES string of the molecule is Oc1cccc2c1OC1(CCN(Cc3cncs3)CC1)[C@H]1CCCO[C@H]21. The second-order valence-electron chi connectivity index (χ2n) is 7.65. The molecule has 5 nitrogen and oxygen atoms in total. The normalized spacial score (nSPS) is 27.5. The van der Waals surface area contributed by atoms with E-state index in [-0.39, 0.29) is 17.5 Å². The first-order valence-electron chi connectivity index (χ1n) is 9.47. The zero-order chi connectivity index (χ0) is 17.6. The number of ether oxygens (including phenoxy) is 2. The molecule has 5 rings (SSSR count). The number of nitrogens with zero attached hydrogens (tertiary/aromatic N) is 2. The van der Waals surface area contributed by atoms with Gasteiger partial charge in [-0.2, -0.15) is 0 Å². The van der Waals surface area contributed by atoms with Crippen LogP contribution < -0.4 is 4.74 Å². The Labute approximate surface area is 157 Å². The number of phenolic OH excluding ortho intramolecular Hbond substituents is 1. The van der Waals surface area contributed by atoms with E-state index in [1.54, 1.807) is 17.4 Å². The zero-order valence-electron chi connectivity index (χ0n) is 14.8. The molecule has 1 aromatic heterocycles. The number of phenols is 1. The second-order valence-corrected chi connectivity index (χ2v) is 8.62. The van der Waals surface area contributed by atoms with E-state index in [0.29, 0.717) is 11.7 Å². The molecular formula is C20H24N2O3S. The lowest BCUT2D eigenvalue weighted by Crippen LogP contribution is -2.56. The van der Waals surface area contributed by atoms with Crippen LogP contribution in [0.3, 0.4) is 0 Å². The van der Waals surface area contributed by atoms with Crippen molar-refractivity contribution < 1.29 is 14.6 Å². The van der Waals surface area contributed by atoms with E-state index < -0.39 is 0 Å². The number of piperidine rings is 1. The Kier molecular flexibility index (Phi) is 4.14. The summed E-state index contributed by atoms with van der Waals surface area (Å²) in [7, 11) is 0. The number of benzene rings is 1. The molecule has 0 saturated carbocycles. The lowest BCUT2D eigenvalue weighted by Gasteiger charge is -2.53. The van der Waals surface area contributed by atoms with Crippen molar-refractivity contribution in [1.82, 2.24) is 9.88 Å². The van der Waals surface area contributed by atoms with Crippen LogP contribution in [0.1, 0.15) is 42.2 Å². The third kappa shape index (κ3) is 2.71. The van der Waals surface area contributed by atoms with E-state index in [1.165, 1.54) is 4.88 Å². The molecule has 1 spiro atoms. The van der Waals surface area contributed by atoms with Crippen LogP contribution in [0.25, 0.3) is 0 Å². The predicted octanol–water partition coefficient (Wildman–Crippen LogP) is 3.74. The van der Waals surface area contributed by atoms with Gasteiger partial charge in [0.25, 0.3) is 0 Å². The van der Waals surface area contributed by atoms with Crippen molar-refractivity contribution in [2.24, 2.45) is 5.92 Å². The largest absolute Gasteiger partial charge is 0.504 e. The highest BCUT2D eigenvalue weighted by Gasteiger charge is 2.52. The summed E-state index contributed by atoms with van der Waals surface area (Å²) in [5, 5.41) is 10.4. The Morgan fingerprint density at radius 1 is 1.31 bits per heavy atom. The van der Waals surface area contributed by atoms with Gasteiger partial charge in [0, 0.05) is 61.6 Å². The van der Waals surface area contributed by atoms with E-state index in [2.05, 4.69) is 9.88 Å². The molecule has 138 valence electrons. The number of hydrogen-bond donors (Lipinski definition) is 1. The first-order chi connectivity index (χ1) is 12.8. The van der Waals surface area contributed by atoms with Gasteiger partial charge < -0.3 is 14.6 Å². The standard InChI is InChI=1S/C20H24N2O3S/c23-17-5-1-3-15-18-16(4-2-10-24-18)20(25-19(15)17)6-8-22(9-7-20)12-14-11-21-13-26-14/h1,3,5,11,13,16,18,23H,2,4,6-10,12H2/t16-,18+/m0/s1. The summed E-state index contributed by atoms with van der Waals surface area (Å²) in [6.07, 6.45) is 6.19. The molecule has 0 unspecified atom stereocenters. The second kappa shape index (κ2) is 6.51. The van der Waals surface area contributed by atoms with E-state index in [1.807, 2.05) is 23.8 Å². The maximum atomic E-state index is 10.4. The Balaban J connectivity index is 1.41. The monoisotopic (exact) mass is 372 g/mol. The number of fused-ring (bicyclic) bond motifs is 4. The summed E-state index contributed by atoms with van der Waals surface area (Å²) in [5.74, 6) is 1.25. The van der Waals surface area contributed by atoms with Crippen molar-refractivity contribution in [3.8, 4) is 11.5 Å². The highest BCUT2D eigenvalue weighted by Crippen LogP contribution is 2.55. The van der Waals surface area contributed by atoms with Gasteiger partial charge in [-0.1, -0.05) is 12.1 Å². The van der Waals surface area contributed by atoms with Crippen LogP contribution in [0.4, 0.5) is 0 Å². The minimum absolute atomic E-state index is 0.0487. The molecule has 2 saturated heterocycles. The fourth-order valence-corrected chi connectivity index (χ4v) is 5.52. The minimum Gasteiger partial charge on any atom is -0.504 e. The van der Waals surface area contributed by atoms with Crippen molar-refractivity contribution in [1.29, 1.82) is 0 Å². The number of thiazole rings is 1. The molecule has 0 bridgehead atoms. The highest BCUT2D eigenvalue weighted by atomic mass is 32.1. The summed E-state index contributed by atoms with van der Waals surface area (Å²) >= 11 is 1.72. The predicted molar refractivity (Wildman–Crippen MR) is 99.5 cm³/mol. The van der Waals surface area contributed by atoms with Gasteiger partial charge in [-0.15, -0.1) is 11.3 Å². The molecule has 3 aliphatic rings. The Morgan fingerprint density at radius 2 is 2.19 bits per heavy atom. The molecule has 26 heavy (non-hydrogen) atoms. The van der Waals surface area contributed by atoms with Gasteiger partial charge in [0.2, 0.25) is 0 Å². The lowest BCUT2D eigenvalue weighted by molar-refractivity contribution is -0.150. The van der Waals surface area contributed by atoms with Crippen LogP contribution in [0, 0.1) is 5.92 Å². The Bertz CT molecular complexity index is 771. The first-order valence-corrected chi connectivity index (χ1v) is 10.4. The average Bonchev–Trinajstić information content (AvgIpc) is 3.18. The summed E-state index contributed by atoms with van der Waals surface area (Å²) in [6.45, 7) is 3.77. The lowest BCUT2D eigenvalue weighted by atomic mass is 9.70. The van der Waals surface area contributed by atoms with E-state index in [0.717, 1.165) is 57.5 Å². The minimum atomic E-state index is -0.221. The summed E-state index contributed by atoms with van der Waals surface area (Å²) in [6, 6.07) is 5.65. The molecule has 2 atom stereocenters. The van der Waals surface area contributed by atoms with Gasteiger partial charge in [-0.25, -0.2) is 0 Å². The van der Waals surface area contributed by atoms with E-state index >= 15 is 0 Å². The molecular weight excluding hydrogens is 348 g/mol. The average molecular weight is 372 g/mol. The van der Waals surface area contributed by atoms with Crippen LogP contribution in [-0.4, -0.2) is 40.3 Å². The van der Waals surface area contributed by atoms with Crippen LogP contribution in [-0.2, 0) is 11.3 Å². The van der Waals surface area contributed by atoms with Gasteiger partial charge >= 0.3 is 0 Å². The van der Waals surface area contributed by atoms with Gasteiger partial charge in [-0.05, 0) is 18.9 Å². The van der Waals surface area contributed by atoms with Crippen LogP contribution >= 0.6 is 11.3 Å². The van der Waals surface area contributed by atoms with Crippen molar-refractivity contribution in [3.05, 3.63) is 40.3 Å². The third-order valence-corrected chi connectivity index (χ3v) is 6.96. The molecule has 6 heteroatoms. The zero-order valence-corrected chi connectivity index (χ0v) is 15.6. The maximum absolute atomic E-state index is 10.4. The number of hydrogen-bond acceptors (Lipinski definition) is 6. The summed E-state index contributed by atoms with van der Waals surface area (Å²) in [5.41, 5.74) is 2.70. The topological polar surface area (TPSA) is 54.8 Å². The van der Waals surface area contributed by atoms with Crippen LogP contribution in [0.2, 0.25) is 0 Å². The molecule has 0 amide bonds.